The summed E-state index contributed by atoms with van der Waals surface area (Å²) in [5, 5.41) is 36.9. The van der Waals surface area contributed by atoms with Crippen molar-refractivity contribution >= 4 is 23.8 Å². The van der Waals surface area contributed by atoms with Crippen LogP contribution in [-0.2, 0) is 25.6 Å². The van der Waals surface area contributed by atoms with E-state index in [0.29, 0.717) is 5.56 Å². The highest BCUT2D eigenvalue weighted by molar-refractivity contribution is 5.93. The molecule has 2 amide bonds. The number of likely N-dealkylation sites (N-methyl/N-ethyl adjacent to an activating group) is 1. The van der Waals surface area contributed by atoms with Crippen LogP contribution < -0.4 is 10.6 Å². The molecule has 11 nitrogen and oxygen atoms in total. The predicted octanol–water partition coefficient (Wildman–Crippen LogP) is 2.14. The van der Waals surface area contributed by atoms with Crippen LogP contribution in [0.5, 0.6) is 11.5 Å². The summed E-state index contributed by atoms with van der Waals surface area (Å²) >= 11 is 0. The number of carbonyl (C=O) groups excluding carboxylic acids is 3. The summed E-state index contributed by atoms with van der Waals surface area (Å²) in [4.78, 5) is 56.4. The van der Waals surface area contributed by atoms with Gasteiger partial charge in [-0.05, 0) is 54.4 Å². The molecule has 1 aliphatic rings. The summed E-state index contributed by atoms with van der Waals surface area (Å²) in [5.41, 5.74) is 1.33. The van der Waals surface area contributed by atoms with Crippen LogP contribution in [0.15, 0.2) is 66.7 Å². The zero-order valence-electron chi connectivity index (χ0n) is 21.1. The average molecular weight is 534 g/mol. The summed E-state index contributed by atoms with van der Waals surface area (Å²) in [5.74, 6) is -3.91. The molecule has 3 aromatic carbocycles. The Bertz CT molecular complexity index is 1430. The third kappa shape index (κ3) is 5.99. The Balaban J connectivity index is 1.82. The molecule has 11 heteroatoms. The first kappa shape index (κ1) is 27.1. The lowest BCUT2D eigenvalue weighted by Gasteiger charge is -2.28. The fraction of sp³-hybridized carbons (Fsp3) is 0.214. The van der Waals surface area contributed by atoms with Gasteiger partial charge in [0.15, 0.2) is 0 Å². The molecule has 5 N–H and O–H groups in total. The maximum absolute atomic E-state index is 13.5. The van der Waals surface area contributed by atoms with E-state index in [-0.39, 0.29) is 40.2 Å². The molecular weight excluding hydrogens is 506 g/mol. The van der Waals surface area contributed by atoms with E-state index < -0.39 is 41.9 Å². The molecule has 4 bridgehead atoms. The molecule has 4 rings (SSSR count). The van der Waals surface area contributed by atoms with Crippen molar-refractivity contribution in [2.24, 2.45) is 0 Å². The van der Waals surface area contributed by atoms with Gasteiger partial charge in [0.2, 0.25) is 11.8 Å². The number of aromatic hydroxyl groups is 2. The highest BCUT2D eigenvalue weighted by atomic mass is 16.7. The van der Waals surface area contributed by atoms with Gasteiger partial charge < -0.3 is 30.8 Å². The number of amides is 2. The standard InChI is InChI=1S/C28H27N3O8/c1-15-25(34)30-21(27(36)37)13-16-8-10-22(32)19(12-16)20-14-18(9-11-23(20)33)24(26(35)29-15)31(2)39-28(38)17-6-4-3-5-7-17/h3-12,14-15,21,24,32-33H,13H2,1-2H3,(H,29,35)(H,30,34)(H,36,37)/t15-,21-,24-/m0/s1. The SMILES string of the molecule is C[C@@H]1NC(=O)[C@@H](N(C)OC(=O)c2ccccc2)c2ccc(O)c(c2)-c2cc(ccc2O)C[C@@H](C(=O)O)NC1=O. The zero-order valence-corrected chi connectivity index (χ0v) is 21.1. The highest BCUT2D eigenvalue weighted by Crippen LogP contribution is 2.38. The van der Waals surface area contributed by atoms with Crippen molar-refractivity contribution in [3.05, 3.63) is 83.4 Å². The molecule has 1 aliphatic heterocycles. The van der Waals surface area contributed by atoms with E-state index in [4.69, 9.17) is 4.84 Å². The van der Waals surface area contributed by atoms with Crippen molar-refractivity contribution < 1.29 is 39.3 Å². The van der Waals surface area contributed by atoms with E-state index in [0.717, 1.165) is 5.06 Å². The fourth-order valence-electron chi connectivity index (χ4n) is 4.29. The second-order valence-electron chi connectivity index (χ2n) is 9.16. The van der Waals surface area contributed by atoms with Crippen molar-refractivity contribution in [2.75, 3.05) is 7.05 Å². The van der Waals surface area contributed by atoms with Gasteiger partial charge in [0.1, 0.15) is 29.6 Å². The second-order valence-corrected chi connectivity index (χ2v) is 9.16. The van der Waals surface area contributed by atoms with Crippen molar-refractivity contribution in [1.29, 1.82) is 0 Å². The van der Waals surface area contributed by atoms with E-state index >= 15 is 0 Å². The molecule has 0 radical (unpaired) electrons. The number of phenolic OH excluding ortho intramolecular Hbond substituents is 2. The number of nitrogens with one attached hydrogen (secondary N) is 2. The van der Waals surface area contributed by atoms with Gasteiger partial charge in [-0.3, -0.25) is 9.59 Å². The third-order valence-corrected chi connectivity index (χ3v) is 6.34. The number of benzene rings is 3. The van der Waals surface area contributed by atoms with Crippen molar-refractivity contribution in [1.82, 2.24) is 15.7 Å². The van der Waals surface area contributed by atoms with Gasteiger partial charge >= 0.3 is 11.9 Å². The number of nitrogens with zero attached hydrogens (tertiary/aromatic N) is 1. The zero-order chi connectivity index (χ0) is 28.3. The number of hydrogen-bond acceptors (Lipinski definition) is 8. The van der Waals surface area contributed by atoms with Crippen LogP contribution in [0.4, 0.5) is 0 Å². The maximum atomic E-state index is 13.5. The van der Waals surface area contributed by atoms with Crippen LogP contribution in [0.25, 0.3) is 11.1 Å². The summed E-state index contributed by atoms with van der Waals surface area (Å²) in [6, 6.07) is 13.0. The Morgan fingerprint density at radius 1 is 0.897 bits per heavy atom. The minimum Gasteiger partial charge on any atom is -0.507 e. The monoisotopic (exact) mass is 533 g/mol. The van der Waals surface area contributed by atoms with Crippen LogP contribution in [0.1, 0.15) is 34.5 Å². The molecule has 0 aromatic heterocycles. The first-order chi connectivity index (χ1) is 18.5. The second kappa shape index (κ2) is 11.2. The number of aliphatic carboxylic acids is 1. The Kier molecular flexibility index (Phi) is 7.82. The van der Waals surface area contributed by atoms with Crippen LogP contribution in [0.2, 0.25) is 0 Å². The smallest absolute Gasteiger partial charge is 0.357 e. The van der Waals surface area contributed by atoms with Crippen LogP contribution in [0, 0.1) is 0 Å². The topological polar surface area (TPSA) is 166 Å². The van der Waals surface area contributed by atoms with Gasteiger partial charge in [-0.25, -0.2) is 9.59 Å². The summed E-state index contributed by atoms with van der Waals surface area (Å²) < 4.78 is 0. The molecule has 1 heterocycles. The average Bonchev–Trinajstić information content (AvgIpc) is 2.90. The number of phenols is 2. The molecule has 0 aliphatic carbocycles. The van der Waals surface area contributed by atoms with Crippen molar-refractivity contribution in [3.8, 4) is 22.6 Å². The number of rotatable bonds is 4. The molecule has 0 saturated heterocycles. The normalized spacial score (nSPS) is 19.4. The van der Waals surface area contributed by atoms with Gasteiger partial charge in [-0.2, -0.15) is 0 Å². The Hall–Kier alpha value is -4.90. The summed E-state index contributed by atoms with van der Waals surface area (Å²) in [7, 11) is 1.37. The van der Waals surface area contributed by atoms with Gasteiger partial charge in [-0.1, -0.05) is 30.3 Å². The first-order valence-electron chi connectivity index (χ1n) is 12.0. The molecule has 0 spiro atoms. The van der Waals surface area contributed by atoms with Gasteiger partial charge in [0.05, 0.1) is 5.56 Å². The minimum atomic E-state index is -1.33. The van der Waals surface area contributed by atoms with E-state index in [1.165, 1.54) is 50.4 Å². The van der Waals surface area contributed by atoms with E-state index in [9.17, 15) is 34.5 Å². The van der Waals surface area contributed by atoms with Crippen LogP contribution >= 0.6 is 0 Å². The summed E-state index contributed by atoms with van der Waals surface area (Å²) in [6.45, 7) is 1.39. The lowest BCUT2D eigenvalue weighted by atomic mass is 9.94. The first-order valence-corrected chi connectivity index (χ1v) is 12.0. The number of fused-ring (bicyclic) bond motifs is 5. The van der Waals surface area contributed by atoms with E-state index in [1.807, 2.05) is 0 Å². The largest absolute Gasteiger partial charge is 0.507 e. The molecule has 0 unspecified atom stereocenters. The Labute approximate surface area is 223 Å². The van der Waals surface area contributed by atoms with Crippen molar-refractivity contribution in [3.63, 3.8) is 0 Å². The molecule has 3 atom stereocenters. The third-order valence-electron chi connectivity index (χ3n) is 6.34. The molecule has 202 valence electrons. The maximum Gasteiger partial charge on any atom is 0.357 e. The predicted molar refractivity (Wildman–Crippen MR) is 138 cm³/mol. The van der Waals surface area contributed by atoms with Gasteiger partial charge in [0, 0.05) is 24.6 Å². The van der Waals surface area contributed by atoms with Gasteiger partial charge in [-0.15, -0.1) is 5.06 Å². The number of hydrogen-bond donors (Lipinski definition) is 5. The number of carboxylic acid groups (broad SMARTS) is 1. The van der Waals surface area contributed by atoms with Crippen molar-refractivity contribution in [2.45, 2.75) is 31.5 Å². The lowest BCUT2D eigenvalue weighted by molar-refractivity contribution is -0.152. The highest BCUT2D eigenvalue weighted by Gasteiger charge is 2.33. The minimum absolute atomic E-state index is 0.115. The number of hydroxylamine groups is 2. The number of carboxylic acids is 1. The van der Waals surface area contributed by atoms with E-state index in [1.54, 1.807) is 30.3 Å². The Morgan fingerprint density at radius 3 is 2.21 bits per heavy atom. The lowest BCUT2D eigenvalue weighted by Crippen LogP contribution is -2.52. The molecule has 3 aromatic rings. The molecular formula is C28H27N3O8. The van der Waals surface area contributed by atoms with Crippen LogP contribution in [0.3, 0.4) is 0 Å². The quantitative estimate of drug-likeness (QED) is 0.316. The fourth-order valence-corrected chi connectivity index (χ4v) is 4.29. The summed E-state index contributed by atoms with van der Waals surface area (Å²) in [6.07, 6.45) is -0.115. The number of carbonyl (C=O) groups is 4. The molecule has 0 fully saturated rings. The van der Waals surface area contributed by atoms with Gasteiger partial charge in [0.25, 0.3) is 0 Å². The molecule has 39 heavy (non-hydrogen) atoms. The van der Waals surface area contributed by atoms with Crippen LogP contribution in [-0.4, -0.2) is 63.3 Å². The molecule has 0 saturated carbocycles. The Morgan fingerprint density at radius 2 is 1.54 bits per heavy atom. The van der Waals surface area contributed by atoms with E-state index in [2.05, 4.69) is 10.6 Å².